The van der Waals surface area contributed by atoms with E-state index in [1.54, 1.807) is 0 Å². The van der Waals surface area contributed by atoms with E-state index in [0.717, 1.165) is 41.8 Å². The van der Waals surface area contributed by atoms with E-state index in [4.69, 9.17) is 0 Å². The molecular weight excluding hydrogens is 364 g/mol. The fraction of sp³-hybridized carbons (Fsp3) is 0.304. The minimum atomic E-state index is 0.0617. The van der Waals surface area contributed by atoms with Crippen LogP contribution in [-0.4, -0.2) is 47.9 Å². The number of anilines is 2. The summed E-state index contributed by atoms with van der Waals surface area (Å²) in [5.74, 6) is 0.149. The molecule has 2 amide bonds. The fourth-order valence-electron chi connectivity index (χ4n) is 4.27. The standard InChI is InChI=1S/C23H24N4O2/c1-15-2-5-20-17(12-15)14-21(24-20)23(29)27-10-8-26(9-11-27)18-4-6-19-16(13-18)3-7-22(28)25-19/h2,4-6,12-14,24H,3,7-11H2,1H3,(H,25,28). The van der Waals surface area contributed by atoms with E-state index in [-0.39, 0.29) is 11.8 Å². The largest absolute Gasteiger partial charge is 0.368 e. The van der Waals surface area contributed by atoms with Gasteiger partial charge in [0.1, 0.15) is 5.69 Å². The molecule has 6 heteroatoms. The number of aromatic amines is 1. The molecule has 1 fully saturated rings. The van der Waals surface area contributed by atoms with Crippen molar-refractivity contribution in [3.05, 3.63) is 59.3 Å². The number of benzene rings is 2. The van der Waals surface area contributed by atoms with E-state index in [9.17, 15) is 9.59 Å². The van der Waals surface area contributed by atoms with Crippen LogP contribution in [0.1, 0.15) is 28.0 Å². The van der Waals surface area contributed by atoms with Crippen LogP contribution in [0.25, 0.3) is 10.9 Å². The second-order valence-corrected chi connectivity index (χ2v) is 7.94. The van der Waals surface area contributed by atoms with Crippen molar-refractivity contribution in [2.45, 2.75) is 19.8 Å². The number of nitrogens with one attached hydrogen (secondary N) is 2. The first-order valence-electron chi connectivity index (χ1n) is 10.1. The van der Waals surface area contributed by atoms with Crippen molar-refractivity contribution in [2.24, 2.45) is 0 Å². The van der Waals surface area contributed by atoms with Crippen LogP contribution in [0.3, 0.4) is 0 Å². The summed E-state index contributed by atoms with van der Waals surface area (Å²) in [6.45, 7) is 5.05. The van der Waals surface area contributed by atoms with Gasteiger partial charge in [0.05, 0.1) is 0 Å². The predicted octanol–water partition coefficient (Wildman–Crippen LogP) is 3.32. The molecule has 2 aromatic carbocycles. The predicted molar refractivity (Wildman–Crippen MR) is 115 cm³/mol. The maximum absolute atomic E-state index is 13.0. The third-order valence-corrected chi connectivity index (χ3v) is 5.92. The number of piperazine rings is 1. The van der Waals surface area contributed by atoms with Crippen molar-refractivity contribution in [2.75, 3.05) is 36.4 Å². The minimum Gasteiger partial charge on any atom is -0.368 e. The maximum Gasteiger partial charge on any atom is 0.270 e. The first-order valence-corrected chi connectivity index (χ1v) is 10.1. The van der Waals surface area contributed by atoms with Gasteiger partial charge < -0.3 is 20.1 Å². The number of amides is 2. The third kappa shape index (κ3) is 3.35. The molecule has 29 heavy (non-hydrogen) atoms. The van der Waals surface area contributed by atoms with Crippen molar-refractivity contribution in [1.29, 1.82) is 0 Å². The molecule has 0 radical (unpaired) electrons. The Hall–Kier alpha value is -3.28. The van der Waals surface area contributed by atoms with Crippen molar-refractivity contribution in [1.82, 2.24) is 9.88 Å². The van der Waals surface area contributed by atoms with Crippen LogP contribution >= 0.6 is 0 Å². The lowest BCUT2D eigenvalue weighted by Crippen LogP contribution is -2.48. The lowest BCUT2D eigenvalue weighted by atomic mass is 10.0. The molecule has 148 valence electrons. The van der Waals surface area contributed by atoms with Gasteiger partial charge in [0.2, 0.25) is 5.91 Å². The molecule has 2 aliphatic heterocycles. The molecule has 0 aliphatic carbocycles. The van der Waals surface area contributed by atoms with Crippen LogP contribution in [0.2, 0.25) is 0 Å². The summed E-state index contributed by atoms with van der Waals surface area (Å²) in [6.07, 6.45) is 1.33. The number of carbonyl (C=O) groups excluding carboxylic acids is 2. The van der Waals surface area contributed by atoms with Crippen LogP contribution in [0.4, 0.5) is 11.4 Å². The number of hydrogen-bond donors (Lipinski definition) is 2. The molecule has 5 rings (SSSR count). The second-order valence-electron chi connectivity index (χ2n) is 7.94. The Morgan fingerprint density at radius 3 is 2.62 bits per heavy atom. The Morgan fingerprint density at radius 1 is 0.966 bits per heavy atom. The normalized spacial score (nSPS) is 16.7. The molecule has 0 bridgehead atoms. The minimum absolute atomic E-state index is 0.0617. The number of fused-ring (bicyclic) bond motifs is 2. The van der Waals surface area contributed by atoms with Gasteiger partial charge in [0.15, 0.2) is 0 Å². The molecule has 2 N–H and O–H groups in total. The number of aromatic nitrogens is 1. The SMILES string of the molecule is Cc1ccc2[nH]c(C(=O)N3CCN(c4ccc5c(c4)CCC(=O)N5)CC3)cc2c1. The number of H-pyrrole nitrogens is 1. The molecule has 1 aromatic heterocycles. The number of carbonyl (C=O) groups is 2. The van der Waals surface area contributed by atoms with E-state index >= 15 is 0 Å². The zero-order valence-electron chi connectivity index (χ0n) is 16.5. The molecular formula is C23H24N4O2. The number of rotatable bonds is 2. The highest BCUT2D eigenvalue weighted by atomic mass is 16.2. The Bertz CT molecular complexity index is 1110. The summed E-state index contributed by atoms with van der Waals surface area (Å²) in [5.41, 5.74) is 6.12. The van der Waals surface area contributed by atoms with Gasteiger partial charge >= 0.3 is 0 Å². The molecule has 0 unspecified atom stereocenters. The van der Waals surface area contributed by atoms with Gasteiger partial charge in [-0.15, -0.1) is 0 Å². The lowest BCUT2D eigenvalue weighted by Gasteiger charge is -2.36. The average Bonchev–Trinajstić information content (AvgIpc) is 3.16. The van der Waals surface area contributed by atoms with E-state index in [0.29, 0.717) is 25.2 Å². The molecule has 3 aromatic rings. The van der Waals surface area contributed by atoms with Crippen LogP contribution in [-0.2, 0) is 11.2 Å². The molecule has 0 atom stereocenters. The van der Waals surface area contributed by atoms with Crippen molar-refractivity contribution < 1.29 is 9.59 Å². The Morgan fingerprint density at radius 2 is 1.79 bits per heavy atom. The average molecular weight is 388 g/mol. The molecule has 2 aliphatic rings. The highest BCUT2D eigenvalue weighted by Crippen LogP contribution is 2.28. The number of nitrogens with zero attached hydrogens (tertiary/aromatic N) is 2. The summed E-state index contributed by atoms with van der Waals surface area (Å²) in [6, 6.07) is 14.3. The topological polar surface area (TPSA) is 68.4 Å². The van der Waals surface area contributed by atoms with Gasteiger partial charge in [0.25, 0.3) is 5.91 Å². The summed E-state index contributed by atoms with van der Waals surface area (Å²) < 4.78 is 0. The highest BCUT2D eigenvalue weighted by molar-refractivity contribution is 5.98. The van der Waals surface area contributed by atoms with E-state index in [1.165, 1.54) is 11.1 Å². The van der Waals surface area contributed by atoms with Crippen molar-refractivity contribution >= 4 is 34.1 Å². The Labute approximate surface area is 169 Å². The van der Waals surface area contributed by atoms with Crippen LogP contribution < -0.4 is 10.2 Å². The molecule has 1 saturated heterocycles. The maximum atomic E-state index is 13.0. The zero-order valence-corrected chi connectivity index (χ0v) is 16.5. The summed E-state index contributed by atoms with van der Waals surface area (Å²) >= 11 is 0. The molecule has 0 saturated carbocycles. The van der Waals surface area contributed by atoms with Gasteiger partial charge in [-0.25, -0.2) is 0 Å². The van der Waals surface area contributed by atoms with Gasteiger partial charge in [0, 0.05) is 54.9 Å². The van der Waals surface area contributed by atoms with Crippen molar-refractivity contribution in [3.8, 4) is 0 Å². The third-order valence-electron chi connectivity index (χ3n) is 5.92. The summed E-state index contributed by atoms with van der Waals surface area (Å²) in [7, 11) is 0. The van der Waals surface area contributed by atoms with Crippen molar-refractivity contribution in [3.63, 3.8) is 0 Å². The van der Waals surface area contributed by atoms with E-state index < -0.39 is 0 Å². The van der Waals surface area contributed by atoms with Gasteiger partial charge in [-0.05, 0) is 55.3 Å². The summed E-state index contributed by atoms with van der Waals surface area (Å²) in [5, 5.41) is 4.01. The summed E-state index contributed by atoms with van der Waals surface area (Å²) in [4.78, 5) is 32.0. The number of aryl methyl sites for hydroxylation is 2. The molecule has 6 nitrogen and oxygen atoms in total. The highest BCUT2D eigenvalue weighted by Gasteiger charge is 2.24. The molecule has 0 spiro atoms. The quantitative estimate of drug-likeness (QED) is 0.708. The Balaban J connectivity index is 1.27. The van der Waals surface area contributed by atoms with Gasteiger partial charge in [-0.3, -0.25) is 9.59 Å². The van der Waals surface area contributed by atoms with E-state index in [1.807, 2.05) is 23.1 Å². The van der Waals surface area contributed by atoms with E-state index in [2.05, 4.69) is 46.4 Å². The van der Waals surface area contributed by atoms with Crippen LogP contribution in [0.15, 0.2) is 42.5 Å². The Kier molecular flexibility index (Phi) is 4.27. The first kappa shape index (κ1) is 17.8. The first-order chi connectivity index (χ1) is 14.1. The smallest absolute Gasteiger partial charge is 0.270 e. The number of hydrogen-bond acceptors (Lipinski definition) is 3. The van der Waals surface area contributed by atoms with Gasteiger partial charge in [-0.2, -0.15) is 0 Å². The van der Waals surface area contributed by atoms with Crippen LogP contribution in [0, 0.1) is 6.92 Å². The van der Waals surface area contributed by atoms with Gasteiger partial charge in [-0.1, -0.05) is 11.6 Å². The second kappa shape index (κ2) is 6.95. The molecule has 3 heterocycles. The zero-order chi connectivity index (χ0) is 20.0. The fourth-order valence-corrected chi connectivity index (χ4v) is 4.27. The van der Waals surface area contributed by atoms with Crippen LogP contribution in [0.5, 0.6) is 0 Å². The monoisotopic (exact) mass is 388 g/mol. The lowest BCUT2D eigenvalue weighted by molar-refractivity contribution is -0.116.